The molecule has 3 heteroatoms. The molecule has 0 saturated heterocycles. The zero-order valence-corrected chi connectivity index (χ0v) is 9.13. The number of hydrogen-bond acceptors (Lipinski definition) is 2. The Morgan fingerprint density at radius 3 is 2.64 bits per heavy atom. The summed E-state index contributed by atoms with van der Waals surface area (Å²) < 4.78 is 0. The molecule has 1 N–H and O–H groups in total. The zero-order chi connectivity index (χ0) is 10.8. The van der Waals surface area contributed by atoms with Crippen LogP contribution in [0.25, 0.3) is 0 Å². The van der Waals surface area contributed by atoms with Gasteiger partial charge in [-0.2, -0.15) is 5.26 Å². The van der Waals surface area contributed by atoms with Gasteiger partial charge >= 0.3 is 0 Å². The van der Waals surface area contributed by atoms with Crippen molar-refractivity contribution in [2.75, 3.05) is 6.54 Å². The third-order valence-corrected chi connectivity index (χ3v) is 2.75. The maximum absolute atomic E-state index is 11.6. The Bertz CT molecular complexity index is 261. The summed E-state index contributed by atoms with van der Waals surface area (Å²) in [6.45, 7) is 6.07. The van der Waals surface area contributed by atoms with Crippen molar-refractivity contribution in [3.8, 4) is 6.07 Å². The highest BCUT2D eigenvalue weighted by molar-refractivity contribution is 5.78. The van der Waals surface area contributed by atoms with Crippen LogP contribution in [0.3, 0.4) is 0 Å². The lowest BCUT2D eigenvalue weighted by molar-refractivity contribution is -0.125. The molecule has 3 nitrogen and oxygen atoms in total. The number of carbonyl (C=O) groups is 1. The molecule has 0 aromatic heterocycles. The molecule has 0 aromatic carbocycles. The Morgan fingerprint density at radius 1 is 1.64 bits per heavy atom. The van der Waals surface area contributed by atoms with Gasteiger partial charge in [0, 0.05) is 12.5 Å². The van der Waals surface area contributed by atoms with E-state index in [-0.39, 0.29) is 11.8 Å². The van der Waals surface area contributed by atoms with Gasteiger partial charge in [0.2, 0.25) is 5.91 Å². The van der Waals surface area contributed by atoms with Crippen molar-refractivity contribution in [2.45, 2.75) is 33.6 Å². The topological polar surface area (TPSA) is 52.9 Å². The number of nitrogens with one attached hydrogen (secondary N) is 1. The molecule has 0 heterocycles. The van der Waals surface area contributed by atoms with Gasteiger partial charge in [-0.05, 0) is 32.6 Å². The number of carbonyl (C=O) groups excluding carboxylic acids is 1. The summed E-state index contributed by atoms with van der Waals surface area (Å²) in [4.78, 5) is 11.6. The molecule has 1 atom stereocenters. The fraction of sp³-hybridized carbons (Fsp3) is 0.818. The van der Waals surface area contributed by atoms with Crippen LogP contribution in [0, 0.1) is 28.6 Å². The van der Waals surface area contributed by atoms with E-state index in [1.165, 1.54) is 12.8 Å². The van der Waals surface area contributed by atoms with Crippen molar-refractivity contribution < 1.29 is 4.79 Å². The number of nitrogens with zero attached hydrogens (tertiary/aromatic N) is 1. The predicted molar refractivity (Wildman–Crippen MR) is 54.3 cm³/mol. The first-order chi connectivity index (χ1) is 6.46. The molecule has 1 unspecified atom stereocenters. The van der Waals surface area contributed by atoms with Gasteiger partial charge in [-0.1, -0.05) is 6.92 Å². The standard InChI is InChI=1S/C11H18N2O/c1-8(9-4-5-9)10(14)13-7-11(2,3)6-12/h8-9H,4-5,7H2,1-3H3,(H,13,14). The maximum Gasteiger partial charge on any atom is 0.223 e. The highest BCUT2D eigenvalue weighted by Crippen LogP contribution is 2.36. The number of rotatable bonds is 4. The van der Waals surface area contributed by atoms with E-state index < -0.39 is 5.41 Å². The van der Waals surface area contributed by atoms with Gasteiger partial charge in [0.1, 0.15) is 0 Å². The molecule has 1 amide bonds. The quantitative estimate of drug-likeness (QED) is 0.740. The van der Waals surface area contributed by atoms with E-state index in [0.29, 0.717) is 12.5 Å². The van der Waals surface area contributed by atoms with E-state index in [9.17, 15) is 4.79 Å². The van der Waals surface area contributed by atoms with E-state index in [0.717, 1.165) is 0 Å². The highest BCUT2D eigenvalue weighted by Gasteiger charge is 2.33. The van der Waals surface area contributed by atoms with E-state index in [4.69, 9.17) is 5.26 Å². The smallest absolute Gasteiger partial charge is 0.223 e. The number of nitriles is 1. The minimum Gasteiger partial charge on any atom is -0.354 e. The average molecular weight is 194 g/mol. The van der Waals surface area contributed by atoms with Crippen LogP contribution in [0.5, 0.6) is 0 Å². The van der Waals surface area contributed by atoms with E-state index in [1.54, 1.807) is 0 Å². The van der Waals surface area contributed by atoms with Crippen LogP contribution in [0.2, 0.25) is 0 Å². The number of hydrogen-bond donors (Lipinski definition) is 1. The van der Waals surface area contributed by atoms with Gasteiger partial charge in [-0.15, -0.1) is 0 Å². The third kappa shape index (κ3) is 3.02. The molecular weight excluding hydrogens is 176 g/mol. The Morgan fingerprint density at radius 2 is 2.21 bits per heavy atom. The average Bonchev–Trinajstić information content (AvgIpc) is 2.96. The Balaban J connectivity index is 2.31. The van der Waals surface area contributed by atoms with E-state index >= 15 is 0 Å². The first-order valence-electron chi connectivity index (χ1n) is 5.15. The first kappa shape index (κ1) is 11.0. The van der Waals surface area contributed by atoms with Gasteiger partial charge in [0.05, 0.1) is 11.5 Å². The molecular formula is C11H18N2O. The van der Waals surface area contributed by atoms with E-state index in [1.807, 2.05) is 20.8 Å². The summed E-state index contributed by atoms with van der Waals surface area (Å²) in [5.74, 6) is 0.792. The molecule has 0 aromatic rings. The molecule has 0 spiro atoms. The molecule has 1 saturated carbocycles. The second kappa shape index (κ2) is 4.00. The van der Waals surface area contributed by atoms with Crippen LogP contribution >= 0.6 is 0 Å². The largest absolute Gasteiger partial charge is 0.354 e. The normalized spacial score (nSPS) is 18.4. The second-order valence-electron chi connectivity index (χ2n) is 4.84. The summed E-state index contributed by atoms with van der Waals surface area (Å²) in [6.07, 6.45) is 2.35. The monoisotopic (exact) mass is 194 g/mol. The zero-order valence-electron chi connectivity index (χ0n) is 9.13. The third-order valence-electron chi connectivity index (χ3n) is 2.75. The van der Waals surface area contributed by atoms with Gasteiger partial charge < -0.3 is 5.32 Å². The molecule has 1 rings (SSSR count). The molecule has 1 aliphatic rings. The summed E-state index contributed by atoms with van der Waals surface area (Å²) in [5.41, 5.74) is -0.459. The van der Waals surface area contributed by atoms with Crippen molar-refractivity contribution in [3.05, 3.63) is 0 Å². The lowest BCUT2D eigenvalue weighted by Crippen LogP contribution is -2.36. The minimum absolute atomic E-state index is 0.0934. The predicted octanol–water partition coefficient (Wildman–Crippen LogP) is 1.70. The Kier molecular flexibility index (Phi) is 3.15. The number of amides is 1. The molecule has 1 aliphatic carbocycles. The van der Waals surface area contributed by atoms with Crippen molar-refractivity contribution in [2.24, 2.45) is 17.3 Å². The van der Waals surface area contributed by atoms with E-state index in [2.05, 4.69) is 11.4 Å². The van der Waals surface area contributed by atoms with Gasteiger partial charge in [0.25, 0.3) is 0 Å². The second-order valence-corrected chi connectivity index (χ2v) is 4.84. The van der Waals surface area contributed by atoms with Crippen molar-refractivity contribution in [1.82, 2.24) is 5.32 Å². The molecule has 0 bridgehead atoms. The Hall–Kier alpha value is -1.04. The fourth-order valence-corrected chi connectivity index (χ4v) is 1.32. The van der Waals surface area contributed by atoms with Crippen LogP contribution in [0.15, 0.2) is 0 Å². The highest BCUT2D eigenvalue weighted by atomic mass is 16.1. The Labute approximate surface area is 85.5 Å². The summed E-state index contributed by atoms with van der Waals surface area (Å²) >= 11 is 0. The van der Waals surface area contributed by atoms with Crippen LogP contribution in [-0.4, -0.2) is 12.5 Å². The molecule has 14 heavy (non-hydrogen) atoms. The van der Waals surface area contributed by atoms with Crippen LogP contribution in [0.1, 0.15) is 33.6 Å². The molecule has 78 valence electrons. The van der Waals surface area contributed by atoms with Gasteiger partial charge in [-0.25, -0.2) is 0 Å². The van der Waals surface area contributed by atoms with Crippen molar-refractivity contribution in [3.63, 3.8) is 0 Å². The molecule has 0 radical (unpaired) electrons. The van der Waals surface area contributed by atoms with Crippen LogP contribution < -0.4 is 5.32 Å². The fourth-order valence-electron chi connectivity index (χ4n) is 1.32. The first-order valence-corrected chi connectivity index (χ1v) is 5.15. The maximum atomic E-state index is 11.6. The molecule has 0 aliphatic heterocycles. The SMILES string of the molecule is CC(C(=O)NCC(C)(C)C#N)C1CC1. The minimum atomic E-state index is -0.459. The van der Waals surface area contributed by atoms with Crippen LogP contribution in [-0.2, 0) is 4.79 Å². The summed E-state index contributed by atoms with van der Waals surface area (Å²) in [6, 6.07) is 2.17. The summed E-state index contributed by atoms with van der Waals surface area (Å²) in [5, 5.41) is 11.6. The van der Waals surface area contributed by atoms with Gasteiger partial charge in [-0.3, -0.25) is 4.79 Å². The van der Waals surface area contributed by atoms with Gasteiger partial charge in [0.15, 0.2) is 0 Å². The lowest BCUT2D eigenvalue weighted by atomic mass is 9.95. The lowest BCUT2D eigenvalue weighted by Gasteiger charge is -2.18. The summed E-state index contributed by atoms with van der Waals surface area (Å²) in [7, 11) is 0. The van der Waals surface area contributed by atoms with Crippen LogP contribution in [0.4, 0.5) is 0 Å². The molecule has 1 fully saturated rings. The van der Waals surface area contributed by atoms with Crippen molar-refractivity contribution in [1.29, 1.82) is 5.26 Å². The van der Waals surface area contributed by atoms with Crippen molar-refractivity contribution >= 4 is 5.91 Å².